The van der Waals surface area contributed by atoms with Crippen molar-refractivity contribution in [2.45, 2.75) is 31.2 Å². The number of nitrogens with one attached hydrogen (secondary N) is 2. The second-order valence-electron chi connectivity index (χ2n) is 4.00. The molecule has 0 spiro atoms. The number of rotatable bonds is 11. The molecule has 8 nitrogen and oxygen atoms in total. The summed E-state index contributed by atoms with van der Waals surface area (Å²) in [5.41, 5.74) is 16.2. The van der Waals surface area contributed by atoms with Gasteiger partial charge in [0.2, 0.25) is 0 Å². The molecular weight excluding hydrogens is 238 g/mol. The molecule has 0 unspecified atom stereocenters. The zero-order valence-corrected chi connectivity index (χ0v) is 10.3. The van der Waals surface area contributed by atoms with E-state index in [1.807, 2.05) is 0 Å². The highest BCUT2D eigenvalue weighted by molar-refractivity contribution is 5.85. The van der Waals surface area contributed by atoms with E-state index in [0.717, 1.165) is 0 Å². The van der Waals surface area contributed by atoms with Crippen molar-refractivity contribution < 1.29 is 14.7 Å². The molecule has 0 rings (SSSR count). The molecule has 0 amide bonds. The number of Topliss-reactive ketones (excluding diaryl/α,β-unsaturated/α-hetero) is 1. The van der Waals surface area contributed by atoms with Crippen LogP contribution in [-0.2, 0) is 9.59 Å². The molecule has 0 aliphatic rings. The number of aldehydes is 1. The van der Waals surface area contributed by atoms with Gasteiger partial charge in [0.15, 0.2) is 5.78 Å². The summed E-state index contributed by atoms with van der Waals surface area (Å²) in [6.45, 7) is 0.207. The van der Waals surface area contributed by atoms with Gasteiger partial charge in [-0.3, -0.25) is 15.4 Å². The predicted octanol–water partition coefficient (Wildman–Crippen LogP) is -3.40. The van der Waals surface area contributed by atoms with Gasteiger partial charge in [-0.25, -0.2) is 0 Å². The first-order valence-corrected chi connectivity index (χ1v) is 5.83. The monoisotopic (exact) mass is 261 g/mol. The van der Waals surface area contributed by atoms with E-state index in [0.29, 0.717) is 25.7 Å². The van der Waals surface area contributed by atoms with E-state index in [4.69, 9.17) is 22.3 Å². The molecule has 8 heteroatoms. The number of nitrogens with two attached hydrogens (primary N) is 3. The van der Waals surface area contributed by atoms with Gasteiger partial charge in [-0.2, -0.15) is 0 Å². The maximum atomic E-state index is 11.6. The van der Waals surface area contributed by atoms with Gasteiger partial charge in [-0.1, -0.05) is 0 Å². The van der Waals surface area contributed by atoms with E-state index >= 15 is 0 Å². The summed E-state index contributed by atoms with van der Waals surface area (Å²) >= 11 is 0. The van der Waals surface area contributed by atoms with Crippen LogP contribution in [-0.4, -0.2) is 55.2 Å². The van der Waals surface area contributed by atoms with Crippen molar-refractivity contribution in [2.75, 3.05) is 19.7 Å². The molecule has 0 aromatic rings. The van der Waals surface area contributed by atoms with Crippen LogP contribution in [0.3, 0.4) is 0 Å². The molecule has 2 atom stereocenters. The van der Waals surface area contributed by atoms with Crippen molar-refractivity contribution in [1.29, 1.82) is 0 Å². The molecule has 0 bridgehead atoms. The molecule has 0 aromatic carbocycles. The fourth-order valence-corrected chi connectivity index (χ4v) is 1.27. The number of hydrogen-bond donors (Lipinski definition) is 6. The number of hydrogen-bond acceptors (Lipinski definition) is 8. The Labute approximate surface area is 106 Å². The van der Waals surface area contributed by atoms with E-state index in [9.17, 15) is 9.59 Å². The minimum absolute atomic E-state index is 0.0328. The molecule has 0 aliphatic heterocycles. The lowest BCUT2D eigenvalue weighted by Crippen LogP contribution is -2.46. The summed E-state index contributed by atoms with van der Waals surface area (Å²) in [7, 11) is 0. The molecular formula is C10H23N5O3. The van der Waals surface area contributed by atoms with E-state index in [1.165, 1.54) is 0 Å². The SMILES string of the molecule is NC(N)NCCC[C@H](N)C(=O)CN[C@H](C=O)CO. The molecule has 9 N–H and O–H groups in total. The molecule has 106 valence electrons. The Morgan fingerprint density at radius 2 is 1.94 bits per heavy atom. The van der Waals surface area contributed by atoms with Gasteiger partial charge in [0, 0.05) is 0 Å². The molecule has 18 heavy (non-hydrogen) atoms. The summed E-state index contributed by atoms with van der Waals surface area (Å²) in [5.74, 6) is -0.202. The maximum Gasteiger partial charge on any atom is 0.163 e. The van der Waals surface area contributed by atoms with Gasteiger partial charge in [0.25, 0.3) is 0 Å². The number of carbonyl (C=O) groups excluding carboxylic acids is 2. The lowest BCUT2D eigenvalue weighted by Gasteiger charge is -2.14. The average molecular weight is 261 g/mol. The molecule has 0 heterocycles. The van der Waals surface area contributed by atoms with E-state index < -0.39 is 18.4 Å². The number of aliphatic hydroxyl groups is 1. The molecule has 0 saturated heterocycles. The van der Waals surface area contributed by atoms with Crippen LogP contribution >= 0.6 is 0 Å². The van der Waals surface area contributed by atoms with Crippen molar-refractivity contribution in [1.82, 2.24) is 10.6 Å². The highest BCUT2D eigenvalue weighted by Gasteiger charge is 2.14. The molecule has 0 aromatic heterocycles. The first kappa shape index (κ1) is 17.1. The Bertz CT molecular complexity index is 250. The number of aliphatic hydroxyl groups excluding tert-OH is 1. The van der Waals surface area contributed by atoms with Crippen molar-refractivity contribution >= 4 is 12.1 Å². The van der Waals surface area contributed by atoms with Gasteiger partial charge >= 0.3 is 0 Å². The van der Waals surface area contributed by atoms with Crippen LogP contribution in [0.5, 0.6) is 0 Å². The smallest absolute Gasteiger partial charge is 0.163 e. The summed E-state index contributed by atoms with van der Waals surface area (Å²) in [5, 5.41) is 14.1. The summed E-state index contributed by atoms with van der Waals surface area (Å²) in [6.07, 6.45) is 1.15. The van der Waals surface area contributed by atoms with Crippen LogP contribution in [0.1, 0.15) is 12.8 Å². The fraction of sp³-hybridized carbons (Fsp3) is 0.800. The van der Waals surface area contributed by atoms with Crippen LogP contribution in [0.15, 0.2) is 0 Å². The third-order valence-corrected chi connectivity index (χ3v) is 2.38. The molecule has 0 radical (unpaired) electrons. The first-order valence-electron chi connectivity index (χ1n) is 5.83. The van der Waals surface area contributed by atoms with E-state index in [2.05, 4.69) is 10.6 Å². The van der Waals surface area contributed by atoms with Crippen molar-refractivity contribution in [3.63, 3.8) is 0 Å². The number of carbonyl (C=O) groups is 2. The van der Waals surface area contributed by atoms with Crippen LogP contribution < -0.4 is 27.8 Å². The minimum atomic E-state index is -0.724. The van der Waals surface area contributed by atoms with Crippen LogP contribution in [0.25, 0.3) is 0 Å². The second kappa shape index (κ2) is 10.1. The van der Waals surface area contributed by atoms with Crippen molar-refractivity contribution in [3.05, 3.63) is 0 Å². The first-order chi connectivity index (χ1) is 8.51. The Morgan fingerprint density at radius 1 is 1.28 bits per heavy atom. The van der Waals surface area contributed by atoms with Crippen molar-refractivity contribution in [3.8, 4) is 0 Å². The van der Waals surface area contributed by atoms with Gasteiger partial charge in [-0.15, -0.1) is 0 Å². The normalized spacial score (nSPS) is 14.5. The standard InChI is InChI=1S/C10H23N5O3/c11-8(2-1-3-14-10(12)13)9(18)4-15-7(5-16)6-17/h5,7-8,10,14-15,17H,1-4,6,11-13H2/t7-,8+/m1/s1. The quantitative estimate of drug-likeness (QED) is 0.128. The summed E-state index contributed by atoms with van der Waals surface area (Å²) < 4.78 is 0. The third kappa shape index (κ3) is 8.23. The topological polar surface area (TPSA) is 156 Å². The van der Waals surface area contributed by atoms with Gasteiger partial charge < -0.3 is 27.1 Å². The predicted molar refractivity (Wildman–Crippen MR) is 67.3 cm³/mol. The highest BCUT2D eigenvalue weighted by atomic mass is 16.3. The molecule has 0 saturated carbocycles. The van der Waals surface area contributed by atoms with Gasteiger partial charge in [0.05, 0.1) is 25.2 Å². The zero-order valence-electron chi connectivity index (χ0n) is 10.3. The van der Waals surface area contributed by atoms with Crippen molar-refractivity contribution in [2.24, 2.45) is 17.2 Å². The third-order valence-electron chi connectivity index (χ3n) is 2.38. The molecule has 0 fully saturated rings. The largest absolute Gasteiger partial charge is 0.394 e. The van der Waals surface area contributed by atoms with Crippen LogP contribution in [0.4, 0.5) is 0 Å². The lowest BCUT2D eigenvalue weighted by atomic mass is 10.1. The van der Waals surface area contributed by atoms with Crippen LogP contribution in [0.2, 0.25) is 0 Å². The summed E-state index contributed by atoms with van der Waals surface area (Å²) in [6, 6.07) is -1.32. The van der Waals surface area contributed by atoms with Gasteiger partial charge in [0.1, 0.15) is 12.6 Å². The fourth-order valence-electron chi connectivity index (χ4n) is 1.27. The minimum Gasteiger partial charge on any atom is -0.394 e. The Hall–Kier alpha value is -0.900. The highest BCUT2D eigenvalue weighted by Crippen LogP contribution is 1.95. The Kier molecular flexibility index (Phi) is 9.56. The van der Waals surface area contributed by atoms with Gasteiger partial charge in [-0.05, 0) is 19.4 Å². The maximum absolute atomic E-state index is 11.6. The lowest BCUT2D eigenvalue weighted by molar-refractivity contribution is -0.120. The average Bonchev–Trinajstić information content (AvgIpc) is 2.35. The van der Waals surface area contributed by atoms with E-state index in [-0.39, 0.29) is 18.9 Å². The zero-order chi connectivity index (χ0) is 14.0. The van der Waals surface area contributed by atoms with E-state index in [1.54, 1.807) is 0 Å². The number of ketones is 1. The second-order valence-corrected chi connectivity index (χ2v) is 4.00. The Morgan fingerprint density at radius 3 is 2.44 bits per heavy atom. The Balaban J connectivity index is 3.72. The molecule has 0 aliphatic carbocycles. The van der Waals surface area contributed by atoms with Crippen LogP contribution in [0, 0.1) is 0 Å². The summed E-state index contributed by atoms with van der Waals surface area (Å²) in [4.78, 5) is 21.9.